The molecule has 1 amide bonds. The first kappa shape index (κ1) is 15.7. The fraction of sp³-hybridized carbons (Fsp3) is 0.769. The van der Waals surface area contributed by atoms with Crippen LogP contribution in [0.5, 0.6) is 0 Å². The van der Waals surface area contributed by atoms with Crippen LogP contribution in [0, 0.1) is 0 Å². The third-order valence-electron chi connectivity index (χ3n) is 3.21. The number of aromatic nitrogens is 2. The zero-order chi connectivity index (χ0) is 14.8. The van der Waals surface area contributed by atoms with Gasteiger partial charge >= 0.3 is 6.09 Å². The van der Waals surface area contributed by atoms with E-state index in [4.69, 9.17) is 4.74 Å². The lowest BCUT2D eigenvalue weighted by atomic mass is 9.86. The van der Waals surface area contributed by atoms with Gasteiger partial charge in [-0.1, -0.05) is 11.3 Å². The van der Waals surface area contributed by atoms with E-state index < -0.39 is 5.60 Å². The Labute approximate surface area is 131 Å². The van der Waals surface area contributed by atoms with Crippen LogP contribution in [0.4, 0.5) is 4.79 Å². The second-order valence-corrected chi connectivity index (χ2v) is 8.37. The number of hydrogen-bond acceptors (Lipinski definition) is 5. The predicted molar refractivity (Wildman–Crippen MR) is 82.0 cm³/mol. The topological polar surface area (TPSA) is 64.1 Å². The van der Waals surface area contributed by atoms with Gasteiger partial charge in [0.2, 0.25) is 0 Å². The molecule has 112 valence electrons. The fourth-order valence-electron chi connectivity index (χ4n) is 2.34. The van der Waals surface area contributed by atoms with Crippen LogP contribution in [0.15, 0.2) is 3.92 Å². The molecule has 1 fully saturated rings. The Hall–Kier alpha value is -0.690. The summed E-state index contributed by atoms with van der Waals surface area (Å²) in [5.74, 6) is 0.468. The third kappa shape index (κ3) is 4.70. The van der Waals surface area contributed by atoms with Crippen molar-refractivity contribution in [3.8, 4) is 0 Å². The van der Waals surface area contributed by atoms with Crippen molar-refractivity contribution >= 4 is 33.4 Å². The van der Waals surface area contributed by atoms with Gasteiger partial charge in [0, 0.05) is 12.0 Å². The molecule has 5 nitrogen and oxygen atoms in total. The van der Waals surface area contributed by atoms with Crippen molar-refractivity contribution in [2.45, 2.75) is 64.0 Å². The van der Waals surface area contributed by atoms with Gasteiger partial charge in [-0.05, 0) is 62.4 Å². The average molecular weight is 362 g/mol. The van der Waals surface area contributed by atoms with Crippen LogP contribution >= 0.6 is 27.3 Å². The smallest absolute Gasteiger partial charge is 0.407 e. The Kier molecular flexibility index (Phi) is 5.01. The molecular formula is C13H20BrN3O2S. The van der Waals surface area contributed by atoms with E-state index >= 15 is 0 Å². The molecule has 1 aromatic heterocycles. The number of ether oxygens (including phenoxy) is 1. The van der Waals surface area contributed by atoms with Crippen LogP contribution in [-0.2, 0) is 4.74 Å². The van der Waals surface area contributed by atoms with Gasteiger partial charge in [-0.25, -0.2) is 4.79 Å². The second-order valence-electron chi connectivity index (χ2n) is 6.09. The number of nitrogens with one attached hydrogen (secondary N) is 1. The third-order valence-corrected chi connectivity index (χ3v) is 4.73. The van der Waals surface area contributed by atoms with E-state index in [1.807, 2.05) is 20.8 Å². The highest BCUT2D eigenvalue weighted by Crippen LogP contribution is 2.35. The Morgan fingerprint density at radius 3 is 2.45 bits per heavy atom. The van der Waals surface area contributed by atoms with Crippen molar-refractivity contribution < 1.29 is 9.53 Å². The molecule has 0 atom stereocenters. The van der Waals surface area contributed by atoms with Crippen LogP contribution in [0.25, 0.3) is 0 Å². The van der Waals surface area contributed by atoms with E-state index in [1.165, 1.54) is 0 Å². The van der Waals surface area contributed by atoms with E-state index in [2.05, 4.69) is 31.4 Å². The summed E-state index contributed by atoms with van der Waals surface area (Å²) in [6.07, 6.45) is 3.66. The van der Waals surface area contributed by atoms with E-state index in [9.17, 15) is 4.79 Å². The first-order valence-electron chi connectivity index (χ1n) is 6.82. The zero-order valence-electron chi connectivity index (χ0n) is 12.0. The van der Waals surface area contributed by atoms with Gasteiger partial charge in [0.15, 0.2) is 3.92 Å². The quantitative estimate of drug-likeness (QED) is 0.868. The predicted octanol–water partition coefficient (Wildman–Crippen LogP) is 3.85. The van der Waals surface area contributed by atoms with Crippen LogP contribution < -0.4 is 5.32 Å². The van der Waals surface area contributed by atoms with Crippen molar-refractivity contribution in [2.75, 3.05) is 0 Å². The molecule has 1 heterocycles. The lowest BCUT2D eigenvalue weighted by molar-refractivity contribution is 0.0491. The maximum Gasteiger partial charge on any atom is 0.407 e. The molecule has 0 radical (unpaired) electrons. The van der Waals surface area contributed by atoms with Crippen LogP contribution in [0.3, 0.4) is 0 Å². The highest BCUT2D eigenvalue weighted by molar-refractivity contribution is 9.11. The molecule has 1 aliphatic rings. The summed E-state index contributed by atoms with van der Waals surface area (Å²) in [6, 6.07) is 0.206. The number of alkyl carbamates (subject to hydrolysis) is 1. The molecule has 0 spiro atoms. The Balaban J connectivity index is 1.78. The van der Waals surface area contributed by atoms with Crippen molar-refractivity contribution in [2.24, 2.45) is 0 Å². The van der Waals surface area contributed by atoms with Crippen molar-refractivity contribution in [1.29, 1.82) is 0 Å². The van der Waals surface area contributed by atoms with Gasteiger partial charge in [0.05, 0.1) is 0 Å². The minimum atomic E-state index is -0.444. The summed E-state index contributed by atoms with van der Waals surface area (Å²) in [6.45, 7) is 5.62. The highest BCUT2D eigenvalue weighted by atomic mass is 79.9. The number of amides is 1. The van der Waals surface area contributed by atoms with Gasteiger partial charge < -0.3 is 10.1 Å². The van der Waals surface area contributed by atoms with Crippen LogP contribution in [-0.4, -0.2) is 27.9 Å². The van der Waals surface area contributed by atoms with E-state index in [1.54, 1.807) is 11.3 Å². The summed E-state index contributed by atoms with van der Waals surface area (Å²) in [4.78, 5) is 11.7. The molecule has 0 bridgehead atoms. The van der Waals surface area contributed by atoms with Gasteiger partial charge in [0.25, 0.3) is 0 Å². The number of carbonyl (C=O) groups is 1. The molecule has 1 N–H and O–H groups in total. The SMILES string of the molecule is CC(C)(C)OC(=O)N[C@H]1CC[C@H](c2nnc(Br)s2)CC1. The largest absolute Gasteiger partial charge is 0.444 e. The number of carbonyl (C=O) groups excluding carboxylic acids is 1. The van der Waals surface area contributed by atoms with Gasteiger partial charge in [-0.3, -0.25) is 0 Å². The van der Waals surface area contributed by atoms with Crippen LogP contribution in [0.2, 0.25) is 0 Å². The second kappa shape index (κ2) is 6.39. The lowest BCUT2D eigenvalue weighted by Gasteiger charge is -2.29. The number of halogens is 1. The van der Waals surface area contributed by atoms with Crippen molar-refractivity contribution in [3.63, 3.8) is 0 Å². The summed E-state index contributed by atoms with van der Waals surface area (Å²) in [7, 11) is 0. The molecule has 1 aromatic rings. The minimum absolute atomic E-state index is 0.206. The monoisotopic (exact) mass is 361 g/mol. The molecule has 0 unspecified atom stereocenters. The van der Waals surface area contributed by atoms with Crippen LogP contribution in [0.1, 0.15) is 57.4 Å². The lowest BCUT2D eigenvalue weighted by Crippen LogP contribution is -2.40. The first-order valence-corrected chi connectivity index (χ1v) is 8.43. The molecule has 1 saturated carbocycles. The van der Waals surface area contributed by atoms with E-state index in [0.717, 1.165) is 34.6 Å². The van der Waals surface area contributed by atoms with Crippen molar-refractivity contribution in [3.05, 3.63) is 8.92 Å². The molecule has 1 aliphatic carbocycles. The molecule has 0 saturated heterocycles. The summed E-state index contributed by atoms with van der Waals surface area (Å²) in [5, 5.41) is 12.2. The van der Waals surface area contributed by atoms with Gasteiger partial charge in [-0.15, -0.1) is 10.2 Å². The minimum Gasteiger partial charge on any atom is -0.444 e. The average Bonchev–Trinajstić information content (AvgIpc) is 2.74. The number of nitrogens with zero attached hydrogens (tertiary/aromatic N) is 2. The van der Waals surface area contributed by atoms with E-state index in [-0.39, 0.29) is 12.1 Å². The fourth-order valence-corrected chi connectivity index (χ4v) is 3.65. The molecule has 7 heteroatoms. The Morgan fingerprint density at radius 1 is 1.30 bits per heavy atom. The first-order chi connectivity index (χ1) is 9.33. The van der Waals surface area contributed by atoms with Crippen molar-refractivity contribution in [1.82, 2.24) is 15.5 Å². The van der Waals surface area contributed by atoms with Gasteiger partial charge in [-0.2, -0.15) is 0 Å². The number of hydrogen-bond donors (Lipinski definition) is 1. The molecule has 0 aliphatic heterocycles. The molecule has 2 rings (SSSR count). The standard InChI is InChI=1S/C13H20BrN3O2S/c1-13(2,3)19-12(18)15-9-6-4-8(5-7-9)10-16-17-11(14)20-10/h8-9H,4-7H2,1-3H3,(H,15,18)/t8-,9-. The van der Waals surface area contributed by atoms with E-state index in [0.29, 0.717) is 5.92 Å². The highest BCUT2D eigenvalue weighted by Gasteiger charge is 2.27. The number of rotatable bonds is 2. The Bertz CT molecular complexity index is 464. The zero-order valence-corrected chi connectivity index (χ0v) is 14.4. The summed E-state index contributed by atoms with van der Waals surface area (Å²) >= 11 is 4.94. The Morgan fingerprint density at radius 2 is 1.95 bits per heavy atom. The maximum atomic E-state index is 11.7. The summed E-state index contributed by atoms with van der Waals surface area (Å²) in [5.41, 5.74) is -0.444. The molecule has 0 aromatic carbocycles. The maximum absolute atomic E-state index is 11.7. The normalized spacial score (nSPS) is 23.4. The van der Waals surface area contributed by atoms with Gasteiger partial charge in [0.1, 0.15) is 10.6 Å². The molecular weight excluding hydrogens is 342 g/mol. The summed E-state index contributed by atoms with van der Waals surface area (Å²) < 4.78 is 6.11. The molecule has 20 heavy (non-hydrogen) atoms.